The summed E-state index contributed by atoms with van der Waals surface area (Å²) in [4.78, 5) is 64.1. The number of rotatable bonds is 14. The van der Waals surface area contributed by atoms with E-state index in [2.05, 4.69) is 38.6 Å². The Hall–Kier alpha value is -4.27. The van der Waals surface area contributed by atoms with Gasteiger partial charge in [-0.25, -0.2) is 9.69 Å². The lowest BCUT2D eigenvalue weighted by Crippen LogP contribution is -2.43. The Morgan fingerprint density at radius 2 is 1.61 bits per heavy atom. The zero-order valence-electron chi connectivity index (χ0n) is 34.8. The molecule has 17 heteroatoms. The summed E-state index contributed by atoms with van der Waals surface area (Å²) in [6, 6.07) is 11.0. The van der Waals surface area contributed by atoms with Gasteiger partial charge >= 0.3 is 5.97 Å². The van der Waals surface area contributed by atoms with E-state index in [4.69, 9.17) is 55.9 Å². The summed E-state index contributed by atoms with van der Waals surface area (Å²) in [7, 11) is 1.64. The lowest BCUT2D eigenvalue weighted by Gasteiger charge is -2.31. The number of methoxy groups -OCH3 is 1. The number of para-hydroxylation sites is 1. The van der Waals surface area contributed by atoms with Crippen LogP contribution in [0.4, 0.5) is 23.3 Å². The fourth-order valence-electron chi connectivity index (χ4n) is 6.38. The Labute approximate surface area is 366 Å². The fraction of sp³-hybridized carbons (Fsp3) is 0.452. The van der Waals surface area contributed by atoms with Crippen molar-refractivity contribution >= 4 is 99.4 Å². The van der Waals surface area contributed by atoms with Crippen LogP contribution in [-0.2, 0) is 35.1 Å². The SMILES string of the molecule is CCNc1nc(Cl)nc(NC(C)C)n1.CCOC(=O)/C(Cl)=C/c1cc(N2C(=O)C3=C(CCCC3)C2=O)ccc1Cl.CCc1cccc(C)c1N(C(=O)CCl)C(C)COC. The van der Waals surface area contributed by atoms with Crippen molar-refractivity contribution in [2.75, 3.05) is 53.2 Å². The van der Waals surface area contributed by atoms with Gasteiger partial charge in [-0.2, -0.15) is 15.0 Å². The average molecular weight is 894 g/mol. The molecule has 0 radical (unpaired) electrons. The molecule has 0 bridgehead atoms. The highest BCUT2D eigenvalue weighted by atomic mass is 35.5. The van der Waals surface area contributed by atoms with Gasteiger partial charge in [0.1, 0.15) is 10.9 Å². The number of carbonyl (C=O) groups excluding carboxylic acids is 4. The highest BCUT2D eigenvalue weighted by Crippen LogP contribution is 2.37. The second-order valence-corrected chi connectivity index (χ2v) is 15.2. The normalized spacial score (nSPS) is 14.2. The summed E-state index contributed by atoms with van der Waals surface area (Å²) in [5.41, 5.74) is 5.25. The quantitative estimate of drug-likeness (QED) is 0.0689. The Balaban J connectivity index is 0.000000249. The molecule has 0 saturated carbocycles. The topological polar surface area (TPSA) is 156 Å². The molecule has 2 N–H and O–H groups in total. The van der Waals surface area contributed by atoms with Crippen molar-refractivity contribution in [1.82, 2.24) is 15.0 Å². The first-order valence-electron chi connectivity index (χ1n) is 19.4. The predicted octanol–water partition coefficient (Wildman–Crippen LogP) is 9.17. The van der Waals surface area contributed by atoms with Crippen LogP contribution in [0.5, 0.6) is 0 Å². The van der Waals surface area contributed by atoms with Crippen molar-refractivity contribution in [3.8, 4) is 0 Å². The lowest BCUT2D eigenvalue weighted by molar-refractivity contribution is -0.137. The van der Waals surface area contributed by atoms with Gasteiger partial charge in [-0.15, -0.1) is 11.6 Å². The number of ether oxygens (including phenoxy) is 2. The highest BCUT2D eigenvalue weighted by Gasteiger charge is 2.39. The van der Waals surface area contributed by atoms with Crippen LogP contribution in [0.2, 0.25) is 10.3 Å². The fourth-order valence-corrected chi connectivity index (χ4v) is 7.01. The zero-order valence-corrected chi connectivity index (χ0v) is 37.8. The molecule has 320 valence electrons. The molecule has 2 aromatic carbocycles. The maximum absolute atomic E-state index is 12.7. The minimum atomic E-state index is -0.666. The summed E-state index contributed by atoms with van der Waals surface area (Å²) >= 11 is 23.6. The van der Waals surface area contributed by atoms with E-state index in [9.17, 15) is 19.2 Å². The molecule has 2 heterocycles. The lowest BCUT2D eigenvalue weighted by atomic mass is 9.93. The number of halogens is 4. The van der Waals surface area contributed by atoms with E-state index < -0.39 is 5.97 Å². The average Bonchev–Trinajstić information content (AvgIpc) is 3.45. The number of imide groups is 1. The summed E-state index contributed by atoms with van der Waals surface area (Å²) < 4.78 is 10.0. The van der Waals surface area contributed by atoms with E-state index in [0.717, 1.165) is 42.6 Å². The van der Waals surface area contributed by atoms with E-state index >= 15 is 0 Å². The molecule has 13 nitrogen and oxygen atoms in total. The second kappa shape index (κ2) is 24.1. The minimum absolute atomic E-state index is 0.0223. The molecule has 1 aromatic heterocycles. The van der Waals surface area contributed by atoms with Crippen molar-refractivity contribution in [2.45, 2.75) is 92.7 Å². The molecule has 1 atom stereocenters. The summed E-state index contributed by atoms with van der Waals surface area (Å²) in [6.07, 6.45) is 5.33. The van der Waals surface area contributed by atoms with Crippen molar-refractivity contribution in [3.63, 3.8) is 0 Å². The van der Waals surface area contributed by atoms with Crippen LogP contribution in [0.25, 0.3) is 6.08 Å². The smallest absolute Gasteiger partial charge is 0.349 e. The minimum Gasteiger partial charge on any atom is -0.462 e. The number of esters is 1. The number of nitrogens with zero attached hydrogens (tertiary/aromatic N) is 5. The monoisotopic (exact) mass is 891 g/mol. The number of anilines is 4. The molecule has 0 spiro atoms. The Kier molecular flexibility index (Phi) is 20.1. The van der Waals surface area contributed by atoms with E-state index in [1.807, 2.05) is 46.8 Å². The first-order valence-corrected chi connectivity index (χ1v) is 21.1. The van der Waals surface area contributed by atoms with Crippen LogP contribution in [0.3, 0.4) is 0 Å². The van der Waals surface area contributed by atoms with Crippen molar-refractivity contribution in [2.24, 2.45) is 0 Å². The molecule has 2 aliphatic rings. The zero-order chi connectivity index (χ0) is 43.8. The molecule has 5 rings (SSSR count). The highest BCUT2D eigenvalue weighted by molar-refractivity contribution is 6.44. The van der Waals surface area contributed by atoms with Crippen LogP contribution in [0.15, 0.2) is 52.6 Å². The van der Waals surface area contributed by atoms with Gasteiger partial charge in [-0.3, -0.25) is 14.4 Å². The number of benzene rings is 2. The molecular formula is C42H53Cl4N7O6. The largest absolute Gasteiger partial charge is 0.462 e. The molecule has 59 heavy (non-hydrogen) atoms. The first-order chi connectivity index (χ1) is 28.1. The molecular weight excluding hydrogens is 840 g/mol. The Bertz CT molecular complexity index is 2000. The van der Waals surface area contributed by atoms with Crippen LogP contribution in [0, 0.1) is 6.92 Å². The molecule has 3 aromatic rings. The van der Waals surface area contributed by atoms with E-state index in [1.165, 1.54) is 11.0 Å². The number of hydrogen-bond donors (Lipinski definition) is 2. The molecule has 1 unspecified atom stereocenters. The maximum Gasteiger partial charge on any atom is 0.349 e. The number of alkyl halides is 1. The number of aryl methyl sites for hydroxylation is 2. The third-order valence-corrected chi connectivity index (χ3v) is 9.92. The van der Waals surface area contributed by atoms with Gasteiger partial charge in [0.2, 0.25) is 23.1 Å². The van der Waals surface area contributed by atoms with Gasteiger partial charge in [-0.1, -0.05) is 48.3 Å². The van der Waals surface area contributed by atoms with E-state index in [-0.39, 0.29) is 52.6 Å². The van der Waals surface area contributed by atoms with Crippen LogP contribution >= 0.6 is 46.4 Å². The second-order valence-electron chi connectivity index (χ2n) is 13.7. The van der Waals surface area contributed by atoms with Crippen molar-refractivity contribution in [1.29, 1.82) is 0 Å². The number of aromatic nitrogens is 3. The van der Waals surface area contributed by atoms with Crippen LogP contribution in [-0.4, -0.2) is 83.5 Å². The third kappa shape index (κ3) is 13.6. The van der Waals surface area contributed by atoms with Crippen molar-refractivity contribution in [3.05, 3.63) is 79.6 Å². The number of nitrogens with one attached hydrogen (secondary N) is 2. The molecule has 0 fully saturated rings. The Morgan fingerprint density at radius 1 is 0.966 bits per heavy atom. The van der Waals surface area contributed by atoms with Gasteiger partial charge in [0, 0.05) is 35.9 Å². The Morgan fingerprint density at radius 3 is 2.17 bits per heavy atom. The number of amides is 3. The predicted molar refractivity (Wildman–Crippen MR) is 238 cm³/mol. The van der Waals surface area contributed by atoms with Gasteiger partial charge < -0.3 is 25.0 Å². The molecule has 0 saturated heterocycles. The van der Waals surface area contributed by atoms with Crippen LogP contribution in [0.1, 0.15) is 83.9 Å². The van der Waals surface area contributed by atoms with Gasteiger partial charge in [0.05, 0.1) is 30.6 Å². The summed E-state index contributed by atoms with van der Waals surface area (Å²) in [5.74, 6) is -0.342. The van der Waals surface area contributed by atoms with Crippen LogP contribution < -0.4 is 20.4 Å². The van der Waals surface area contributed by atoms with Crippen molar-refractivity contribution < 1.29 is 28.7 Å². The molecule has 3 amide bonds. The molecule has 1 aliphatic heterocycles. The van der Waals surface area contributed by atoms with E-state index in [0.29, 0.717) is 58.8 Å². The van der Waals surface area contributed by atoms with E-state index in [1.54, 1.807) is 37.1 Å². The van der Waals surface area contributed by atoms with Gasteiger partial charge in [0.15, 0.2) is 0 Å². The van der Waals surface area contributed by atoms with Gasteiger partial charge in [0.25, 0.3) is 11.8 Å². The first kappa shape index (κ1) is 49.1. The molecule has 1 aliphatic carbocycles. The summed E-state index contributed by atoms with van der Waals surface area (Å²) in [6.45, 7) is 15.2. The maximum atomic E-state index is 12.7. The number of hydrogen-bond acceptors (Lipinski definition) is 11. The van der Waals surface area contributed by atoms with Gasteiger partial charge in [-0.05, 0) is 126 Å². The summed E-state index contributed by atoms with van der Waals surface area (Å²) in [5, 5.41) is 6.43. The standard InChI is InChI=1S/C19H17Cl2NO4.C15H22ClNO2.C8H14ClN5/c1-2-26-19(25)16(21)10-11-9-12(7-8-15(11)20)22-17(23)13-5-3-4-6-14(13)18(22)24;1-5-13-8-6-7-11(2)15(13)17(14(18)9-16)12(3)10-19-4;1-4-10-7-12-6(9)13-8(14-7)11-5(2)3/h7-10H,2-6H2,1H3;6-8,12H,5,9-10H2,1-4H3;5H,4H2,1-3H3,(H2,10,11,12,13,14)/b16-10-;;. The number of carbonyl (C=O) groups is 4. The third-order valence-electron chi connectivity index (χ3n) is 8.92.